The number of rotatable bonds is 6. The van der Waals surface area contributed by atoms with Crippen LogP contribution >= 0.6 is 0 Å². The first-order chi connectivity index (χ1) is 14.1. The van der Waals surface area contributed by atoms with Crippen molar-refractivity contribution in [3.8, 4) is 11.5 Å². The zero-order valence-corrected chi connectivity index (χ0v) is 16.7. The van der Waals surface area contributed by atoms with Gasteiger partial charge < -0.3 is 18.8 Å². The summed E-state index contributed by atoms with van der Waals surface area (Å²) in [4.78, 5) is 27.6. The van der Waals surface area contributed by atoms with Crippen LogP contribution in [0, 0.1) is 0 Å². The third-order valence-electron chi connectivity index (χ3n) is 5.05. The second-order valence-electron chi connectivity index (χ2n) is 6.98. The molecule has 0 bridgehead atoms. The fourth-order valence-electron chi connectivity index (χ4n) is 3.72. The molecular formula is C23H23NO5. The monoisotopic (exact) mass is 393 g/mol. The highest BCUT2D eigenvalue weighted by Gasteiger charge is 2.40. The molecule has 0 fully saturated rings. The zero-order chi connectivity index (χ0) is 20.5. The Kier molecular flexibility index (Phi) is 5.01. The summed E-state index contributed by atoms with van der Waals surface area (Å²) in [6, 6.07) is 12.0. The molecule has 29 heavy (non-hydrogen) atoms. The Hall–Kier alpha value is -3.28. The first kappa shape index (κ1) is 19.1. The minimum Gasteiger partial charge on any atom is -0.490 e. The van der Waals surface area contributed by atoms with E-state index in [1.807, 2.05) is 32.0 Å². The molecule has 4 rings (SSSR count). The van der Waals surface area contributed by atoms with Crippen LogP contribution in [-0.4, -0.2) is 31.1 Å². The molecule has 1 aromatic heterocycles. The molecule has 1 amide bonds. The quantitative estimate of drug-likeness (QED) is 0.629. The Morgan fingerprint density at radius 3 is 2.59 bits per heavy atom. The number of amides is 1. The van der Waals surface area contributed by atoms with Crippen molar-refractivity contribution >= 4 is 16.9 Å². The van der Waals surface area contributed by atoms with Crippen molar-refractivity contribution in [1.82, 2.24) is 4.90 Å². The van der Waals surface area contributed by atoms with Gasteiger partial charge in [0, 0.05) is 7.05 Å². The van der Waals surface area contributed by atoms with Gasteiger partial charge in [-0.15, -0.1) is 0 Å². The van der Waals surface area contributed by atoms with Gasteiger partial charge in [0.1, 0.15) is 5.58 Å². The number of ether oxygens (including phenoxy) is 2. The third-order valence-corrected chi connectivity index (χ3v) is 5.05. The van der Waals surface area contributed by atoms with Crippen LogP contribution in [0.1, 0.15) is 48.0 Å². The predicted molar refractivity (Wildman–Crippen MR) is 110 cm³/mol. The van der Waals surface area contributed by atoms with Gasteiger partial charge in [0.2, 0.25) is 5.76 Å². The number of hydrogen-bond acceptors (Lipinski definition) is 5. The van der Waals surface area contributed by atoms with Gasteiger partial charge in [-0.1, -0.05) is 25.1 Å². The second kappa shape index (κ2) is 7.62. The van der Waals surface area contributed by atoms with Crippen LogP contribution in [0.2, 0.25) is 0 Å². The van der Waals surface area contributed by atoms with Gasteiger partial charge in [-0.3, -0.25) is 9.59 Å². The maximum atomic E-state index is 13.2. The molecule has 0 saturated carbocycles. The van der Waals surface area contributed by atoms with Crippen molar-refractivity contribution in [3.05, 3.63) is 69.6 Å². The third kappa shape index (κ3) is 3.14. The number of hydrogen-bond donors (Lipinski definition) is 0. The average molecular weight is 393 g/mol. The summed E-state index contributed by atoms with van der Waals surface area (Å²) >= 11 is 0. The first-order valence-corrected chi connectivity index (χ1v) is 9.79. The summed E-state index contributed by atoms with van der Waals surface area (Å²) < 4.78 is 17.4. The molecule has 150 valence electrons. The lowest BCUT2D eigenvalue weighted by atomic mass is 9.98. The molecule has 6 nitrogen and oxygen atoms in total. The van der Waals surface area contributed by atoms with Gasteiger partial charge in [-0.05, 0) is 43.2 Å². The van der Waals surface area contributed by atoms with Crippen LogP contribution in [0.4, 0.5) is 0 Å². The lowest BCUT2D eigenvalue weighted by Crippen LogP contribution is -2.25. The lowest BCUT2D eigenvalue weighted by molar-refractivity contribution is 0.0771. The molecule has 6 heteroatoms. The molecule has 0 saturated heterocycles. The van der Waals surface area contributed by atoms with Crippen LogP contribution in [0.5, 0.6) is 11.5 Å². The summed E-state index contributed by atoms with van der Waals surface area (Å²) in [5, 5.41) is 0.465. The van der Waals surface area contributed by atoms with Crippen LogP contribution in [0.15, 0.2) is 51.7 Å². The molecular weight excluding hydrogens is 370 g/mol. The predicted octanol–water partition coefficient (Wildman–Crippen LogP) is 4.16. The minimum atomic E-state index is -0.544. The topological polar surface area (TPSA) is 69.0 Å². The van der Waals surface area contributed by atoms with Gasteiger partial charge in [0.05, 0.1) is 30.2 Å². The summed E-state index contributed by atoms with van der Waals surface area (Å²) in [6.45, 7) is 5.00. The van der Waals surface area contributed by atoms with E-state index >= 15 is 0 Å². The van der Waals surface area contributed by atoms with Gasteiger partial charge >= 0.3 is 0 Å². The van der Waals surface area contributed by atoms with Gasteiger partial charge in [0.25, 0.3) is 5.91 Å². The lowest BCUT2D eigenvalue weighted by Gasteiger charge is -2.22. The van der Waals surface area contributed by atoms with E-state index in [1.54, 1.807) is 31.3 Å². The molecule has 1 atom stereocenters. The largest absolute Gasteiger partial charge is 0.490 e. The fourth-order valence-corrected chi connectivity index (χ4v) is 3.72. The Labute approximate surface area is 168 Å². The number of fused-ring (bicyclic) bond motifs is 2. The summed E-state index contributed by atoms with van der Waals surface area (Å²) in [5.41, 5.74) is 1.36. The van der Waals surface area contributed by atoms with E-state index < -0.39 is 6.04 Å². The molecule has 1 unspecified atom stereocenters. The van der Waals surface area contributed by atoms with Crippen LogP contribution < -0.4 is 14.9 Å². The Bertz CT molecular complexity index is 1130. The normalized spacial score (nSPS) is 15.6. The maximum absolute atomic E-state index is 13.2. The van der Waals surface area contributed by atoms with Gasteiger partial charge in [-0.2, -0.15) is 0 Å². The summed E-state index contributed by atoms with van der Waals surface area (Å²) in [7, 11) is 1.68. The number of nitrogens with zero attached hydrogens (tertiary/aromatic N) is 1. The van der Waals surface area contributed by atoms with E-state index in [-0.39, 0.29) is 17.1 Å². The first-order valence-electron chi connectivity index (χ1n) is 9.79. The Balaban J connectivity index is 1.87. The molecule has 1 aliphatic heterocycles. The highest BCUT2D eigenvalue weighted by atomic mass is 16.5. The summed E-state index contributed by atoms with van der Waals surface area (Å²) in [5.74, 6) is 1.04. The Morgan fingerprint density at radius 2 is 1.83 bits per heavy atom. The standard InChI is InChI=1S/C23H23NO5/c1-4-12-28-17-11-10-14(13-18(17)27-5-2)20-19-21(25)15-8-6-7-9-16(15)29-22(19)23(26)24(20)3/h6-11,13,20H,4-5,12H2,1-3H3. The molecule has 0 radical (unpaired) electrons. The van der Waals surface area contributed by atoms with Crippen LogP contribution in [0.25, 0.3) is 11.0 Å². The van der Waals surface area contributed by atoms with Crippen molar-refractivity contribution < 1.29 is 18.7 Å². The molecule has 2 aromatic carbocycles. The molecule has 0 aliphatic carbocycles. The average Bonchev–Trinajstić information content (AvgIpc) is 2.98. The number of carbonyl (C=O) groups excluding carboxylic acids is 1. The van der Waals surface area contributed by atoms with Crippen LogP contribution in [0.3, 0.4) is 0 Å². The maximum Gasteiger partial charge on any atom is 0.290 e. The molecule has 3 aromatic rings. The van der Waals surface area contributed by atoms with Crippen molar-refractivity contribution in [2.75, 3.05) is 20.3 Å². The van der Waals surface area contributed by atoms with Crippen LogP contribution in [-0.2, 0) is 0 Å². The SMILES string of the molecule is CCCOc1ccc(C2c3c(oc4ccccc4c3=O)C(=O)N2C)cc1OCC. The highest BCUT2D eigenvalue weighted by Crippen LogP contribution is 2.40. The van der Waals surface area contributed by atoms with Gasteiger partial charge in [0.15, 0.2) is 16.9 Å². The van der Waals surface area contributed by atoms with E-state index in [9.17, 15) is 9.59 Å². The summed E-state index contributed by atoms with van der Waals surface area (Å²) in [6.07, 6.45) is 0.884. The van der Waals surface area contributed by atoms with E-state index in [0.29, 0.717) is 41.2 Å². The number of carbonyl (C=O) groups is 1. The zero-order valence-electron chi connectivity index (χ0n) is 16.7. The van der Waals surface area contributed by atoms with Crippen molar-refractivity contribution in [2.45, 2.75) is 26.3 Å². The molecule has 2 heterocycles. The van der Waals surface area contributed by atoms with Crippen molar-refractivity contribution in [2.24, 2.45) is 0 Å². The number of para-hydroxylation sites is 1. The van der Waals surface area contributed by atoms with E-state index in [1.165, 1.54) is 4.90 Å². The van der Waals surface area contributed by atoms with E-state index in [4.69, 9.17) is 13.9 Å². The minimum absolute atomic E-state index is 0.102. The van der Waals surface area contributed by atoms with E-state index in [2.05, 4.69) is 0 Å². The molecule has 0 N–H and O–H groups in total. The van der Waals surface area contributed by atoms with E-state index in [0.717, 1.165) is 12.0 Å². The second-order valence-corrected chi connectivity index (χ2v) is 6.98. The smallest absolute Gasteiger partial charge is 0.290 e. The fraction of sp³-hybridized carbons (Fsp3) is 0.304. The van der Waals surface area contributed by atoms with Crippen molar-refractivity contribution in [1.29, 1.82) is 0 Å². The highest BCUT2D eigenvalue weighted by molar-refractivity contribution is 5.98. The molecule has 0 spiro atoms. The van der Waals surface area contributed by atoms with Gasteiger partial charge in [-0.25, -0.2) is 0 Å². The van der Waals surface area contributed by atoms with Crippen molar-refractivity contribution in [3.63, 3.8) is 0 Å². The molecule has 1 aliphatic rings. The Morgan fingerprint density at radius 1 is 1.03 bits per heavy atom. The number of benzene rings is 2.